The van der Waals surface area contributed by atoms with Crippen LogP contribution in [0, 0.1) is 10.1 Å². The first-order chi connectivity index (χ1) is 9.22. The van der Waals surface area contributed by atoms with Crippen LogP contribution in [0.15, 0.2) is 52.5 Å². The third-order valence-corrected chi connectivity index (χ3v) is 3.34. The SMILES string of the molecule is O=CNc1ccccc1Sc1ncccc1[N+](=O)[O-]. The number of amides is 1. The minimum atomic E-state index is -0.481. The van der Waals surface area contributed by atoms with E-state index >= 15 is 0 Å². The molecule has 7 heteroatoms. The van der Waals surface area contributed by atoms with Crippen LogP contribution in [0.25, 0.3) is 0 Å². The summed E-state index contributed by atoms with van der Waals surface area (Å²) in [5, 5.41) is 13.7. The summed E-state index contributed by atoms with van der Waals surface area (Å²) < 4.78 is 0. The number of rotatable bonds is 5. The van der Waals surface area contributed by atoms with Gasteiger partial charge in [0, 0.05) is 17.2 Å². The van der Waals surface area contributed by atoms with Crippen molar-refractivity contribution in [2.75, 3.05) is 5.32 Å². The fourth-order valence-corrected chi connectivity index (χ4v) is 2.39. The van der Waals surface area contributed by atoms with Crippen LogP contribution in [0.3, 0.4) is 0 Å². The summed E-state index contributed by atoms with van der Waals surface area (Å²) in [4.78, 5) is 25.6. The van der Waals surface area contributed by atoms with Crippen LogP contribution in [-0.2, 0) is 4.79 Å². The van der Waals surface area contributed by atoms with E-state index in [9.17, 15) is 14.9 Å². The molecule has 0 bridgehead atoms. The normalized spacial score (nSPS) is 9.89. The number of hydrogen-bond donors (Lipinski definition) is 1. The molecule has 0 aliphatic heterocycles. The van der Waals surface area contributed by atoms with Gasteiger partial charge in [-0.3, -0.25) is 14.9 Å². The average Bonchev–Trinajstić information content (AvgIpc) is 2.42. The van der Waals surface area contributed by atoms with Crippen LogP contribution >= 0.6 is 11.8 Å². The quantitative estimate of drug-likeness (QED) is 0.515. The Morgan fingerprint density at radius 1 is 1.26 bits per heavy atom. The Morgan fingerprint density at radius 2 is 2.05 bits per heavy atom. The number of pyridine rings is 1. The van der Waals surface area contributed by atoms with E-state index in [-0.39, 0.29) is 10.7 Å². The van der Waals surface area contributed by atoms with Crippen LogP contribution in [0.5, 0.6) is 0 Å². The van der Waals surface area contributed by atoms with E-state index in [0.29, 0.717) is 17.0 Å². The summed E-state index contributed by atoms with van der Waals surface area (Å²) in [6, 6.07) is 9.93. The van der Waals surface area contributed by atoms with E-state index < -0.39 is 4.92 Å². The Bertz CT molecular complexity index is 619. The molecule has 0 saturated heterocycles. The van der Waals surface area contributed by atoms with Crippen molar-refractivity contribution in [2.45, 2.75) is 9.92 Å². The molecule has 0 spiro atoms. The minimum absolute atomic E-state index is 0.0617. The van der Waals surface area contributed by atoms with E-state index in [2.05, 4.69) is 10.3 Å². The highest BCUT2D eigenvalue weighted by Crippen LogP contribution is 2.36. The van der Waals surface area contributed by atoms with Crippen molar-refractivity contribution >= 4 is 29.5 Å². The number of aromatic nitrogens is 1. The van der Waals surface area contributed by atoms with Crippen molar-refractivity contribution in [1.29, 1.82) is 0 Å². The third-order valence-electron chi connectivity index (χ3n) is 2.26. The summed E-state index contributed by atoms with van der Waals surface area (Å²) in [7, 11) is 0. The molecule has 1 aromatic heterocycles. The lowest BCUT2D eigenvalue weighted by molar-refractivity contribution is -0.388. The van der Waals surface area contributed by atoms with E-state index in [4.69, 9.17) is 0 Å². The van der Waals surface area contributed by atoms with Gasteiger partial charge < -0.3 is 5.32 Å². The number of anilines is 1. The van der Waals surface area contributed by atoms with E-state index in [1.807, 2.05) is 0 Å². The number of benzene rings is 1. The first-order valence-electron chi connectivity index (χ1n) is 5.29. The molecular weight excluding hydrogens is 266 g/mol. The van der Waals surface area contributed by atoms with E-state index in [1.54, 1.807) is 24.3 Å². The fraction of sp³-hybridized carbons (Fsp3) is 0. The van der Waals surface area contributed by atoms with Crippen molar-refractivity contribution in [3.63, 3.8) is 0 Å². The topological polar surface area (TPSA) is 85.1 Å². The Labute approximate surface area is 113 Å². The number of para-hydroxylation sites is 1. The Balaban J connectivity index is 2.36. The Hall–Kier alpha value is -2.41. The monoisotopic (exact) mass is 275 g/mol. The van der Waals surface area contributed by atoms with E-state index in [1.165, 1.54) is 18.3 Å². The first-order valence-corrected chi connectivity index (χ1v) is 6.10. The van der Waals surface area contributed by atoms with Gasteiger partial charge in [0.05, 0.1) is 10.6 Å². The van der Waals surface area contributed by atoms with Crippen LogP contribution in [0.1, 0.15) is 0 Å². The molecule has 1 heterocycles. The van der Waals surface area contributed by atoms with Gasteiger partial charge in [-0.15, -0.1) is 0 Å². The maximum atomic E-state index is 10.9. The van der Waals surface area contributed by atoms with Crippen LogP contribution < -0.4 is 5.32 Å². The molecule has 0 fully saturated rings. The lowest BCUT2D eigenvalue weighted by atomic mass is 10.3. The summed E-state index contributed by atoms with van der Waals surface area (Å²) >= 11 is 1.13. The van der Waals surface area contributed by atoms with Crippen LogP contribution in [0.2, 0.25) is 0 Å². The maximum Gasteiger partial charge on any atom is 0.301 e. The van der Waals surface area contributed by atoms with Gasteiger partial charge >= 0.3 is 5.69 Å². The van der Waals surface area contributed by atoms with Gasteiger partial charge in [0.1, 0.15) is 0 Å². The molecule has 1 N–H and O–H groups in total. The second kappa shape index (κ2) is 5.96. The van der Waals surface area contributed by atoms with Gasteiger partial charge in [-0.05, 0) is 18.2 Å². The summed E-state index contributed by atoms with van der Waals surface area (Å²) in [6.45, 7) is 0. The molecule has 1 amide bonds. The van der Waals surface area contributed by atoms with E-state index in [0.717, 1.165) is 11.8 Å². The summed E-state index contributed by atoms with van der Waals surface area (Å²) in [6.07, 6.45) is 2.05. The second-order valence-corrected chi connectivity index (χ2v) is 4.48. The number of nitro groups is 1. The van der Waals surface area contributed by atoms with Crippen molar-refractivity contribution in [1.82, 2.24) is 4.98 Å². The fourth-order valence-electron chi connectivity index (χ4n) is 1.44. The summed E-state index contributed by atoms with van der Waals surface area (Å²) in [5.41, 5.74) is 0.524. The van der Waals surface area contributed by atoms with Crippen molar-refractivity contribution in [3.8, 4) is 0 Å². The predicted octanol–water partition coefficient (Wildman–Crippen LogP) is 2.71. The Kier molecular flexibility index (Phi) is 4.09. The second-order valence-electron chi connectivity index (χ2n) is 3.45. The zero-order valence-corrected chi connectivity index (χ0v) is 10.5. The number of hydrogen-bond acceptors (Lipinski definition) is 5. The summed E-state index contributed by atoms with van der Waals surface area (Å²) in [5.74, 6) is 0. The molecule has 0 saturated carbocycles. The molecule has 0 radical (unpaired) electrons. The highest BCUT2D eigenvalue weighted by atomic mass is 32.2. The lowest BCUT2D eigenvalue weighted by Crippen LogP contribution is -1.96. The molecule has 19 heavy (non-hydrogen) atoms. The zero-order chi connectivity index (χ0) is 13.7. The molecule has 0 aliphatic carbocycles. The lowest BCUT2D eigenvalue weighted by Gasteiger charge is -2.06. The van der Waals surface area contributed by atoms with Gasteiger partial charge in [0.15, 0.2) is 5.03 Å². The molecule has 2 aromatic rings. The average molecular weight is 275 g/mol. The Morgan fingerprint density at radius 3 is 2.79 bits per heavy atom. The molecule has 2 rings (SSSR count). The minimum Gasteiger partial charge on any atom is -0.328 e. The maximum absolute atomic E-state index is 10.9. The number of carbonyl (C=O) groups is 1. The molecule has 0 aliphatic rings. The molecule has 1 aromatic carbocycles. The molecule has 96 valence electrons. The number of nitrogens with zero attached hydrogens (tertiary/aromatic N) is 2. The van der Waals surface area contributed by atoms with Gasteiger partial charge in [-0.1, -0.05) is 23.9 Å². The van der Waals surface area contributed by atoms with Gasteiger partial charge in [-0.2, -0.15) is 0 Å². The van der Waals surface area contributed by atoms with Gasteiger partial charge in [0.2, 0.25) is 6.41 Å². The largest absolute Gasteiger partial charge is 0.328 e. The highest BCUT2D eigenvalue weighted by Gasteiger charge is 2.16. The molecular formula is C12H9N3O3S. The van der Waals surface area contributed by atoms with Crippen molar-refractivity contribution < 1.29 is 9.72 Å². The standard InChI is InChI=1S/C12H9N3O3S/c16-8-14-9-4-1-2-6-11(9)19-12-10(15(17)18)5-3-7-13-12/h1-8H,(H,14,16). The van der Waals surface area contributed by atoms with Crippen LogP contribution in [-0.4, -0.2) is 16.3 Å². The van der Waals surface area contributed by atoms with Crippen molar-refractivity contribution in [2.24, 2.45) is 0 Å². The number of carbonyl (C=O) groups excluding carboxylic acids is 1. The van der Waals surface area contributed by atoms with Crippen molar-refractivity contribution in [3.05, 3.63) is 52.7 Å². The van der Waals surface area contributed by atoms with Gasteiger partial charge in [-0.25, -0.2) is 4.98 Å². The third kappa shape index (κ3) is 3.08. The first kappa shape index (κ1) is 13.0. The van der Waals surface area contributed by atoms with Gasteiger partial charge in [0.25, 0.3) is 0 Å². The smallest absolute Gasteiger partial charge is 0.301 e. The molecule has 0 unspecified atom stereocenters. The zero-order valence-electron chi connectivity index (χ0n) is 9.65. The highest BCUT2D eigenvalue weighted by molar-refractivity contribution is 7.99. The molecule has 6 nitrogen and oxygen atoms in total. The predicted molar refractivity (Wildman–Crippen MR) is 71.1 cm³/mol. The van der Waals surface area contributed by atoms with Crippen LogP contribution in [0.4, 0.5) is 11.4 Å². The number of nitrogens with one attached hydrogen (secondary N) is 1. The molecule has 0 atom stereocenters.